The molecule has 0 bridgehead atoms. The lowest BCUT2D eigenvalue weighted by Gasteiger charge is -2.28. The van der Waals surface area contributed by atoms with Crippen molar-refractivity contribution in [2.75, 3.05) is 6.54 Å². The van der Waals surface area contributed by atoms with Gasteiger partial charge in [0, 0.05) is 6.04 Å². The monoisotopic (exact) mass is 258 g/mol. The number of hydrogen-bond donors (Lipinski definition) is 2. The Bertz CT molecular complexity index is 472. The van der Waals surface area contributed by atoms with Gasteiger partial charge in [-0.1, -0.05) is 24.3 Å². The molecule has 2 aliphatic rings. The summed E-state index contributed by atoms with van der Waals surface area (Å²) >= 11 is 0. The highest BCUT2D eigenvalue weighted by Crippen LogP contribution is 2.30. The zero-order chi connectivity index (χ0) is 13.2. The summed E-state index contributed by atoms with van der Waals surface area (Å²) in [6.07, 6.45) is 4.34. The zero-order valence-corrected chi connectivity index (χ0v) is 11.5. The molecule has 3 atom stereocenters. The number of carbonyl (C=O) groups excluding carboxylic acids is 1. The van der Waals surface area contributed by atoms with Gasteiger partial charge in [0.05, 0.1) is 12.0 Å². The summed E-state index contributed by atoms with van der Waals surface area (Å²) < 4.78 is 0. The summed E-state index contributed by atoms with van der Waals surface area (Å²) in [4.78, 5) is 12.4. The highest BCUT2D eigenvalue weighted by Gasteiger charge is 2.31. The van der Waals surface area contributed by atoms with Crippen molar-refractivity contribution in [3.63, 3.8) is 0 Å². The maximum Gasteiger partial charge on any atom is 0.225 e. The van der Waals surface area contributed by atoms with Crippen molar-refractivity contribution in [2.24, 2.45) is 5.92 Å². The largest absolute Gasteiger partial charge is 0.349 e. The standard InChI is InChI=1S/C16H22N2O/c1-11-13(9-10-17-11)16(19)18-15-8-4-6-12-5-2-3-7-14(12)15/h2-3,5,7,11,13,15,17H,4,6,8-10H2,1H3,(H,18,19). The number of rotatable bonds is 2. The van der Waals surface area contributed by atoms with Gasteiger partial charge in [-0.3, -0.25) is 4.79 Å². The Morgan fingerprint density at radius 3 is 2.95 bits per heavy atom. The topological polar surface area (TPSA) is 41.1 Å². The molecule has 1 aromatic rings. The molecule has 1 saturated heterocycles. The number of nitrogens with one attached hydrogen (secondary N) is 2. The van der Waals surface area contributed by atoms with Gasteiger partial charge in [-0.2, -0.15) is 0 Å². The minimum Gasteiger partial charge on any atom is -0.349 e. The number of aryl methyl sites for hydroxylation is 1. The number of hydrogen-bond acceptors (Lipinski definition) is 2. The number of benzene rings is 1. The van der Waals surface area contributed by atoms with E-state index in [4.69, 9.17) is 0 Å². The first kappa shape index (κ1) is 12.7. The molecule has 1 aliphatic heterocycles. The third-order valence-electron chi connectivity index (χ3n) is 4.55. The first-order valence-corrected chi connectivity index (χ1v) is 7.37. The lowest BCUT2D eigenvalue weighted by Crippen LogP contribution is -2.39. The third kappa shape index (κ3) is 2.52. The first-order chi connectivity index (χ1) is 9.25. The van der Waals surface area contributed by atoms with Crippen LogP contribution in [0.2, 0.25) is 0 Å². The van der Waals surface area contributed by atoms with E-state index in [0.29, 0.717) is 6.04 Å². The maximum atomic E-state index is 12.4. The van der Waals surface area contributed by atoms with Crippen molar-refractivity contribution in [1.82, 2.24) is 10.6 Å². The second-order valence-electron chi connectivity index (χ2n) is 5.79. The molecule has 0 radical (unpaired) electrons. The fourth-order valence-electron chi connectivity index (χ4n) is 3.40. The van der Waals surface area contributed by atoms with E-state index in [1.807, 2.05) is 0 Å². The summed E-state index contributed by atoms with van der Waals surface area (Å²) in [5.74, 6) is 0.355. The van der Waals surface area contributed by atoms with Crippen LogP contribution >= 0.6 is 0 Å². The summed E-state index contributed by atoms with van der Waals surface area (Å²) in [5.41, 5.74) is 2.72. The number of amides is 1. The maximum absolute atomic E-state index is 12.4. The van der Waals surface area contributed by atoms with E-state index in [2.05, 4.69) is 41.8 Å². The van der Waals surface area contributed by atoms with Crippen molar-refractivity contribution < 1.29 is 4.79 Å². The van der Waals surface area contributed by atoms with E-state index in [1.165, 1.54) is 17.5 Å². The molecule has 3 unspecified atom stereocenters. The Kier molecular flexibility index (Phi) is 3.56. The molecule has 3 nitrogen and oxygen atoms in total. The lowest BCUT2D eigenvalue weighted by atomic mass is 9.87. The van der Waals surface area contributed by atoms with Crippen LogP contribution in [0.15, 0.2) is 24.3 Å². The van der Waals surface area contributed by atoms with Crippen LogP contribution in [0.4, 0.5) is 0 Å². The van der Waals surface area contributed by atoms with E-state index >= 15 is 0 Å². The third-order valence-corrected chi connectivity index (χ3v) is 4.55. The molecule has 1 aromatic carbocycles. The molecule has 2 N–H and O–H groups in total. The van der Waals surface area contributed by atoms with Crippen LogP contribution in [0, 0.1) is 5.92 Å². The van der Waals surface area contributed by atoms with E-state index in [1.54, 1.807) is 0 Å². The average Bonchev–Trinajstić information content (AvgIpc) is 2.85. The molecule has 1 aliphatic carbocycles. The van der Waals surface area contributed by atoms with E-state index in [0.717, 1.165) is 25.8 Å². The van der Waals surface area contributed by atoms with E-state index in [-0.39, 0.29) is 17.9 Å². The van der Waals surface area contributed by atoms with Crippen molar-refractivity contribution >= 4 is 5.91 Å². The fourth-order valence-corrected chi connectivity index (χ4v) is 3.40. The second kappa shape index (κ2) is 5.33. The second-order valence-corrected chi connectivity index (χ2v) is 5.79. The Morgan fingerprint density at radius 1 is 1.32 bits per heavy atom. The molecule has 1 fully saturated rings. The van der Waals surface area contributed by atoms with Gasteiger partial charge >= 0.3 is 0 Å². The zero-order valence-electron chi connectivity index (χ0n) is 11.5. The van der Waals surface area contributed by atoms with E-state index < -0.39 is 0 Å². The van der Waals surface area contributed by atoms with Gasteiger partial charge in [0.15, 0.2) is 0 Å². The van der Waals surface area contributed by atoms with Crippen molar-refractivity contribution in [3.8, 4) is 0 Å². The van der Waals surface area contributed by atoms with Gasteiger partial charge < -0.3 is 10.6 Å². The SMILES string of the molecule is CC1NCCC1C(=O)NC1CCCc2ccccc21. The molecule has 0 spiro atoms. The summed E-state index contributed by atoms with van der Waals surface area (Å²) in [6.45, 7) is 3.06. The summed E-state index contributed by atoms with van der Waals surface area (Å²) in [6, 6.07) is 9.03. The molecule has 1 amide bonds. The number of carbonyl (C=O) groups is 1. The highest BCUT2D eigenvalue weighted by molar-refractivity contribution is 5.80. The molecule has 3 rings (SSSR count). The molecule has 19 heavy (non-hydrogen) atoms. The summed E-state index contributed by atoms with van der Waals surface area (Å²) in [7, 11) is 0. The van der Waals surface area contributed by atoms with Crippen LogP contribution in [0.1, 0.15) is 43.4 Å². The summed E-state index contributed by atoms with van der Waals surface area (Å²) in [5, 5.41) is 6.61. The molecule has 3 heteroatoms. The van der Waals surface area contributed by atoms with Gasteiger partial charge in [-0.05, 0) is 50.3 Å². The Morgan fingerprint density at radius 2 is 2.16 bits per heavy atom. The molecular formula is C16H22N2O. The van der Waals surface area contributed by atoms with Crippen LogP contribution in [0.25, 0.3) is 0 Å². The van der Waals surface area contributed by atoms with Crippen LogP contribution in [0.3, 0.4) is 0 Å². The minimum absolute atomic E-state index is 0.133. The van der Waals surface area contributed by atoms with Crippen LogP contribution in [-0.2, 0) is 11.2 Å². The molecular weight excluding hydrogens is 236 g/mol. The Balaban J connectivity index is 1.72. The molecule has 102 valence electrons. The Hall–Kier alpha value is -1.35. The predicted molar refractivity (Wildman–Crippen MR) is 75.8 cm³/mol. The highest BCUT2D eigenvalue weighted by atomic mass is 16.2. The van der Waals surface area contributed by atoms with Crippen molar-refractivity contribution in [1.29, 1.82) is 0 Å². The fraction of sp³-hybridized carbons (Fsp3) is 0.562. The van der Waals surface area contributed by atoms with Crippen LogP contribution in [-0.4, -0.2) is 18.5 Å². The van der Waals surface area contributed by atoms with Gasteiger partial charge in [-0.15, -0.1) is 0 Å². The predicted octanol–water partition coefficient (Wildman–Crippen LogP) is 2.18. The smallest absolute Gasteiger partial charge is 0.225 e. The minimum atomic E-state index is 0.133. The lowest BCUT2D eigenvalue weighted by molar-refractivity contribution is -0.126. The van der Waals surface area contributed by atoms with Gasteiger partial charge in [-0.25, -0.2) is 0 Å². The quantitative estimate of drug-likeness (QED) is 0.853. The first-order valence-electron chi connectivity index (χ1n) is 7.37. The normalized spacial score (nSPS) is 29.8. The average molecular weight is 258 g/mol. The molecule has 0 aromatic heterocycles. The van der Waals surface area contributed by atoms with Crippen LogP contribution < -0.4 is 10.6 Å². The van der Waals surface area contributed by atoms with Crippen LogP contribution in [0.5, 0.6) is 0 Å². The Labute approximate surface area is 114 Å². The number of fused-ring (bicyclic) bond motifs is 1. The molecule has 1 heterocycles. The van der Waals surface area contributed by atoms with Gasteiger partial charge in [0.25, 0.3) is 0 Å². The van der Waals surface area contributed by atoms with E-state index in [9.17, 15) is 4.79 Å². The molecule has 0 saturated carbocycles. The van der Waals surface area contributed by atoms with Gasteiger partial charge in [0.1, 0.15) is 0 Å². The van der Waals surface area contributed by atoms with Crippen molar-refractivity contribution in [2.45, 2.75) is 44.7 Å². The van der Waals surface area contributed by atoms with Gasteiger partial charge in [0.2, 0.25) is 5.91 Å². The van der Waals surface area contributed by atoms with Crippen molar-refractivity contribution in [3.05, 3.63) is 35.4 Å².